The summed E-state index contributed by atoms with van der Waals surface area (Å²) < 4.78 is 23.9. The maximum atomic E-state index is 11.9. The van der Waals surface area contributed by atoms with Crippen LogP contribution in [0.5, 0.6) is 0 Å². The molecule has 1 N–H and O–H groups in total. The first-order valence-electron chi connectivity index (χ1n) is 4.60. The van der Waals surface area contributed by atoms with E-state index >= 15 is 0 Å². The molecule has 1 nitrogen and oxygen atoms in total. The molecule has 1 unspecified atom stereocenters. The van der Waals surface area contributed by atoms with Gasteiger partial charge >= 0.3 is 0 Å². The molecule has 0 radical (unpaired) electrons. The molecule has 0 heterocycles. The van der Waals surface area contributed by atoms with Gasteiger partial charge < -0.3 is 5.11 Å². The maximum Gasteiger partial charge on any atom is 0.241 e. The largest absolute Gasteiger partial charge is 0.393 e. The average molecular weight is 200 g/mol. The van der Waals surface area contributed by atoms with Crippen molar-refractivity contribution >= 4 is 0 Å². The van der Waals surface area contributed by atoms with Crippen LogP contribution in [0, 0.1) is 6.92 Å². The Morgan fingerprint density at radius 3 is 2.50 bits per heavy atom. The lowest BCUT2D eigenvalue weighted by Gasteiger charge is -2.11. The Labute approximate surface area is 82.4 Å². The monoisotopic (exact) mass is 200 g/mol. The Bertz CT molecular complexity index is 286. The van der Waals surface area contributed by atoms with Gasteiger partial charge in [-0.2, -0.15) is 0 Å². The van der Waals surface area contributed by atoms with Crippen LogP contribution in [0.1, 0.15) is 17.5 Å². The van der Waals surface area contributed by atoms with Crippen LogP contribution in [0.25, 0.3) is 0 Å². The van der Waals surface area contributed by atoms with E-state index in [9.17, 15) is 13.9 Å². The molecule has 1 rings (SSSR count). The number of aliphatic hydroxyl groups is 1. The molecule has 0 aromatic heterocycles. The van der Waals surface area contributed by atoms with Gasteiger partial charge in [-0.15, -0.1) is 0 Å². The zero-order chi connectivity index (χ0) is 10.6. The van der Waals surface area contributed by atoms with Gasteiger partial charge in [0.25, 0.3) is 0 Å². The predicted octanol–water partition coefficient (Wildman–Crippen LogP) is 2.55. The first-order chi connectivity index (χ1) is 6.59. The molecular weight excluding hydrogens is 186 g/mol. The Morgan fingerprint density at radius 1 is 1.29 bits per heavy atom. The highest BCUT2D eigenvalue weighted by Crippen LogP contribution is 2.13. The van der Waals surface area contributed by atoms with Gasteiger partial charge in [-0.25, -0.2) is 8.78 Å². The molecule has 1 aromatic carbocycles. The van der Waals surface area contributed by atoms with E-state index in [2.05, 4.69) is 0 Å². The molecule has 3 heteroatoms. The number of aryl methyl sites for hydroxylation is 1. The van der Waals surface area contributed by atoms with E-state index in [1.54, 1.807) is 0 Å². The van der Waals surface area contributed by atoms with Crippen LogP contribution in [-0.4, -0.2) is 17.6 Å². The second-order valence-electron chi connectivity index (χ2n) is 3.41. The highest BCUT2D eigenvalue weighted by atomic mass is 19.3. The van der Waals surface area contributed by atoms with Crippen LogP contribution in [-0.2, 0) is 6.42 Å². The van der Waals surface area contributed by atoms with Crippen molar-refractivity contribution in [2.75, 3.05) is 0 Å². The van der Waals surface area contributed by atoms with Gasteiger partial charge in [0.2, 0.25) is 6.43 Å². The lowest BCUT2D eigenvalue weighted by Crippen LogP contribution is -2.15. The van der Waals surface area contributed by atoms with E-state index in [0.717, 1.165) is 11.1 Å². The second kappa shape index (κ2) is 5.05. The first-order valence-corrected chi connectivity index (χ1v) is 4.60. The third kappa shape index (κ3) is 3.42. The molecule has 0 aliphatic rings. The number of halogens is 2. The fourth-order valence-corrected chi connectivity index (χ4v) is 1.38. The molecule has 1 atom stereocenters. The van der Waals surface area contributed by atoms with Gasteiger partial charge in [-0.3, -0.25) is 0 Å². The summed E-state index contributed by atoms with van der Waals surface area (Å²) in [7, 11) is 0. The SMILES string of the molecule is Cc1ccccc1CC(O)CC(F)F. The standard InChI is InChI=1S/C11H14F2O/c1-8-4-2-3-5-9(8)6-10(14)7-11(12)13/h2-5,10-11,14H,6-7H2,1H3. The zero-order valence-corrected chi connectivity index (χ0v) is 8.08. The Balaban J connectivity index is 2.56. The van der Waals surface area contributed by atoms with Gasteiger partial charge in [-0.05, 0) is 24.5 Å². The molecule has 0 fully saturated rings. The summed E-state index contributed by atoms with van der Waals surface area (Å²) in [5.41, 5.74) is 1.96. The lowest BCUT2D eigenvalue weighted by atomic mass is 10.0. The van der Waals surface area contributed by atoms with Crippen molar-refractivity contribution in [2.45, 2.75) is 32.3 Å². The second-order valence-corrected chi connectivity index (χ2v) is 3.41. The molecule has 0 bridgehead atoms. The van der Waals surface area contributed by atoms with Crippen LogP contribution >= 0.6 is 0 Å². The minimum atomic E-state index is -2.44. The van der Waals surface area contributed by atoms with E-state index in [4.69, 9.17) is 0 Å². The first kappa shape index (κ1) is 11.1. The molecular formula is C11H14F2O. The van der Waals surface area contributed by atoms with Crippen molar-refractivity contribution in [1.82, 2.24) is 0 Å². The summed E-state index contributed by atoms with van der Waals surface area (Å²) in [5.74, 6) is 0. The van der Waals surface area contributed by atoms with E-state index in [-0.39, 0.29) is 0 Å². The fraction of sp³-hybridized carbons (Fsp3) is 0.455. The minimum Gasteiger partial charge on any atom is -0.393 e. The highest BCUT2D eigenvalue weighted by molar-refractivity contribution is 5.26. The number of hydrogen-bond donors (Lipinski definition) is 1. The summed E-state index contributed by atoms with van der Waals surface area (Å²) in [6.45, 7) is 1.91. The summed E-state index contributed by atoms with van der Waals surface area (Å²) in [5, 5.41) is 9.32. The van der Waals surface area contributed by atoms with Crippen molar-refractivity contribution < 1.29 is 13.9 Å². The zero-order valence-electron chi connectivity index (χ0n) is 8.08. The molecule has 0 aliphatic carbocycles. The molecule has 0 aliphatic heterocycles. The summed E-state index contributed by atoms with van der Waals surface area (Å²) in [4.78, 5) is 0. The van der Waals surface area contributed by atoms with Crippen LogP contribution in [0.2, 0.25) is 0 Å². The maximum absolute atomic E-state index is 11.9. The third-order valence-electron chi connectivity index (χ3n) is 2.17. The molecule has 1 aromatic rings. The van der Waals surface area contributed by atoms with Crippen LogP contribution in [0.4, 0.5) is 8.78 Å². The quantitative estimate of drug-likeness (QED) is 0.791. The number of alkyl halides is 2. The van der Waals surface area contributed by atoms with E-state index < -0.39 is 19.0 Å². The summed E-state index contributed by atoms with van der Waals surface area (Å²) >= 11 is 0. The number of rotatable bonds is 4. The smallest absolute Gasteiger partial charge is 0.241 e. The molecule has 14 heavy (non-hydrogen) atoms. The predicted molar refractivity (Wildman–Crippen MR) is 51.5 cm³/mol. The van der Waals surface area contributed by atoms with Crippen LogP contribution in [0.3, 0.4) is 0 Å². The van der Waals surface area contributed by atoms with E-state index in [1.165, 1.54) is 0 Å². The molecule has 0 amide bonds. The number of aliphatic hydroxyl groups excluding tert-OH is 1. The normalized spacial score (nSPS) is 13.2. The fourth-order valence-electron chi connectivity index (χ4n) is 1.38. The topological polar surface area (TPSA) is 20.2 Å². The Morgan fingerprint density at radius 2 is 1.93 bits per heavy atom. The Hall–Kier alpha value is -0.960. The molecule has 78 valence electrons. The molecule has 0 saturated carbocycles. The summed E-state index contributed by atoms with van der Waals surface area (Å²) in [6, 6.07) is 7.49. The van der Waals surface area contributed by atoms with Crippen LogP contribution in [0.15, 0.2) is 24.3 Å². The number of hydrogen-bond acceptors (Lipinski definition) is 1. The van der Waals surface area contributed by atoms with Gasteiger partial charge in [0.05, 0.1) is 6.10 Å². The molecule has 0 saturated heterocycles. The Kier molecular flexibility index (Phi) is 4.01. The van der Waals surface area contributed by atoms with Crippen LogP contribution < -0.4 is 0 Å². The number of benzene rings is 1. The van der Waals surface area contributed by atoms with E-state index in [1.807, 2.05) is 31.2 Å². The highest BCUT2D eigenvalue weighted by Gasteiger charge is 2.13. The third-order valence-corrected chi connectivity index (χ3v) is 2.17. The molecule has 0 spiro atoms. The van der Waals surface area contributed by atoms with Gasteiger partial charge in [0.1, 0.15) is 0 Å². The average Bonchev–Trinajstić information content (AvgIpc) is 2.07. The van der Waals surface area contributed by atoms with Crippen molar-refractivity contribution in [2.24, 2.45) is 0 Å². The minimum absolute atomic E-state index is 0.303. The van der Waals surface area contributed by atoms with Gasteiger partial charge in [-0.1, -0.05) is 24.3 Å². The lowest BCUT2D eigenvalue weighted by molar-refractivity contribution is 0.0617. The van der Waals surface area contributed by atoms with Gasteiger partial charge in [0, 0.05) is 6.42 Å². The van der Waals surface area contributed by atoms with E-state index in [0.29, 0.717) is 6.42 Å². The van der Waals surface area contributed by atoms with Gasteiger partial charge in [0.15, 0.2) is 0 Å². The van der Waals surface area contributed by atoms with Crippen molar-refractivity contribution in [3.8, 4) is 0 Å². The van der Waals surface area contributed by atoms with Crippen molar-refractivity contribution in [3.63, 3.8) is 0 Å². The summed E-state index contributed by atoms with van der Waals surface area (Å²) in [6.07, 6.45) is -3.53. The van der Waals surface area contributed by atoms with Crippen molar-refractivity contribution in [3.05, 3.63) is 35.4 Å². The van der Waals surface area contributed by atoms with Crippen molar-refractivity contribution in [1.29, 1.82) is 0 Å².